The van der Waals surface area contributed by atoms with Gasteiger partial charge in [-0.15, -0.1) is 0 Å². The monoisotopic (exact) mass is 405 g/mol. The van der Waals surface area contributed by atoms with Crippen LogP contribution in [0.25, 0.3) is 11.3 Å². The number of nitro groups is 1. The number of aryl methyl sites for hydroxylation is 1. The Morgan fingerprint density at radius 2 is 1.90 bits per heavy atom. The van der Waals surface area contributed by atoms with Crippen LogP contribution >= 0.6 is 0 Å². The van der Waals surface area contributed by atoms with Crippen molar-refractivity contribution in [2.45, 2.75) is 32.4 Å². The van der Waals surface area contributed by atoms with Crippen molar-refractivity contribution in [1.29, 1.82) is 0 Å². The van der Waals surface area contributed by atoms with E-state index in [1.165, 1.54) is 23.7 Å². The summed E-state index contributed by atoms with van der Waals surface area (Å²) in [5.41, 5.74) is 4.38. The van der Waals surface area contributed by atoms with Crippen LogP contribution in [-0.4, -0.2) is 30.5 Å². The number of nitro benzene ring substituents is 1. The molecule has 3 aromatic rings. The summed E-state index contributed by atoms with van der Waals surface area (Å²) in [4.78, 5) is 15.2. The van der Waals surface area contributed by atoms with Crippen molar-refractivity contribution < 1.29 is 9.34 Å². The van der Waals surface area contributed by atoms with E-state index in [2.05, 4.69) is 48.2 Å². The molecule has 0 N–H and O–H groups in total. The second-order valence-electron chi connectivity index (χ2n) is 8.14. The van der Waals surface area contributed by atoms with E-state index in [9.17, 15) is 10.1 Å². The number of hydrogen-bond donors (Lipinski definition) is 0. The summed E-state index contributed by atoms with van der Waals surface area (Å²) in [5.74, 6) is 1.67. The molecule has 0 unspecified atom stereocenters. The maximum atomic E-state index is 11.0. The minimum atomic E-state index is -0.372. The van der Waals surface area contributed by atoms with Crippen LogP contribution in [0.15, 0.2) is 59.0 Å². The second-order valence-corrected chi connectivity index (χ2v) is 8.14. The summed E-state index contributed by atoms with van der Waals surface area (Å²) < 4.78 is 6.13. The largest absolute Gasteiger partial charge is 0.460 e. The van der Waals surface area contributed by atoms with E-state index in [-0.39, 0.29) is 10.6 Å². The van der Waals surface area contributed by atoms with Crippen molar-refractivity contribution in [1.82, 2.24) is 4.90 Å². The number of rotatable bonds is 6. The highest BCUT2D eigenvalue weighted by Crippen LogP contribution is 2.35. The van der Waals surface area contributed by atoms with Crippen molar-refractivity contribution in [2.24, 2.45) is 0 Å². The molecule has 2 heterocycles. The zero-order valence-electron chi connectivity index (χ0n) is 17.7. The number of non-ortho nitro benzene ring substituents is 1. The van der Waals surface area contributed by atoms with E-state index in [4.69, 9.17) is 4.42 Å². The van der Waals surface area contributed by atoms with E-state index in [0.29, 0.717) is 6.04 Å². The summed E-state index contributed by atoms with van der Waals surface area (Å²) >= 11 is 0. The molecule has 1 fully saturated rings. The molecule has 1 aromatic heterocycles. The fourth-order valence-electron chi connectivity index (χ4n) is 4.23. The Morgan fingerprint density at radius 3 is 2.57 bits per heavy atom. The summed E-state index contributed by atoms with van der Waals surface area (Å²) in [5, 5.41) is 11.0. The van der Waals surface area contributed by atoms with Crippen molar-refractivity contribution in [2.75, 3.05) is 25.5 Å². The Kier molecular flexibility index (Phi) is 5.59. The van der Waals surface area contributed by atoms with Crippen molar-refractivity contribution in [3.05, 3.63) is 81.6 Å². The summed E-state index contributed by atoms with van der Waals surface area (Å²) in [6.07, 6.45) is 2.32. The molecule has 0 bridgehead atoms. The predicted octanol–water partition coefficient (Wildman–Crippen LogP) is 5.57. The van der Waals surface area contributed by atoms with Gasteiger partial charge in [-0.2, -0.15) is 0 Å². The maximum absolute atomic E-state index is 11.0. The average Bonchev–Trinajstić information content (AvgIpc) is 3.38. The van der Waals surface area contributed by atoms with Gasteiger partial charge in [0.25, 0.3) is 5.69 Å². The summed E-state index contributed by atoms with van der Waals surface area (Å²) in [6.45, 7) is 3.68. The first-order chi connectivity index (χ1) is 14.4. The van der Waals surface area contributed by atoms with Gasteiger partial charge in [0.05, 0.1) is 11.5 Å². The molecule has 2 aromatic carbocycles. The minimum absolute atomic E-state index is 0.100. The van der Waals surface area contributed by atoms with Crippen LogP contribution in [0.4, 0.5) is 11.4 Å². The van der Waals surface area contributed by atoms with Gasteiger partial charge in [0.15, 0.2) is 0 Å². The lowest BCUT2D eigenvalue weighted by atomic mass is 10.0. The van der Waals surface area contributed by atoms with Crippen LogP contribution in [0.2, 0.25) is 0 Å². The third-order valence-corrected chi connectivity index (χ3v) is 5.86. The summed E-state index contributed by atoms with van der Waals surface area (Å²) in [6, 6.07) is 18.1. The highest BCUT2D eigenvalue weighted by Gasteiger charge is 2.27. The highest BCUT2D eigenvalue weighted by molar-refractivity contribution is 5.64. The number of likely N-dealkylation sites (tertiary alicyclic amines) is 1. The maximum Gasteiger partial charge on any atom is 0.269 e. The molecular formula is C24H27N3O3. The molecule has 1 aliphatic heterocycles. The van der Waals surface area contributed by atoms with Crippen LogP contribution in [-0.2, 0) is 6.54 Å². The fraction of sp³-hybridized carbons (Fsp3) is 0.333. The van der Waals surface area contributed by atoms with Gasteiger partial charge in [0.1, 0.15) is 11.5 Å². The first-order valence-corrected chi connectivity index (χ1v) is 10.3. The van der Waals surface area contributed by atoms with Gasteiger partial charge in [-0.25, -0.2) is 0 Å². The van der Waals surface area contributed by atoms with Gasteiger partial charge in [0.2, 0.25) is 0 Å². The van der Waals surface area contributed by atoms with Gasteiger partial charge < -0.3 is 9.32 Å². The first kappa shape index (κ1) is 20.2. The molecule has 0 aliphatic carbocycles. The molecule has 30 heavy (non-hydrogen) atoms. The average molecular weight is 405 g/mol. The van der Waals surface area contributed by atoms with E-state index < -0.39 is 0 Å². The van der Waals surface area contributed by atoms with E-state index in [0.717, 1.165) is 42.2 Å². The molecule has 156 valence electrons. The van der Waals surface area contributed by atoms with Crippen molar-refractivity contribution in [3.63, 3.8) is 0 Å². The first-order valence-electron chi connectivity index (χ1n) is 10.3. The van der Waals surface area contributed by atoms with Crippen LogP contribution in [0.1, 0.15) is 35.8 Å². The quantitative estimate of drug-likeness (QED) is 0.396. The van der Waals surface area contributed by atoms with Crippen molar-refractivity contribution >= 4 is 11.4 Å². The normalized spacial score (nSPS) is 16.7. The second kappa shape index (κ2) is 8.32. The van der Waals surface area contributed by atoms with Crippen LogP contribution in [0.5, 0.6) is 0 Å². The van der Waals surface area contributed by atoms with Gasteiger partial charge >= 0.3 is 0 Å². The molecule has 1 aliphatic rings. The molecule has 4 rings (SSSR count). The van der Waals surface area contributed by atoms with Crippen LogP contribution in [0, 0.1) is 17.0 Å². The SMILES string of the molecule is Cc1cc([N+](=O)[O-])ccc1-c1ccc(CN2CCC[C@@H]2c2ccc(N(C)C)cc2)o1. The van der Waals surface area contributed by atoms with Crippen molar-refractivity contribution in [3.8, 4) is 11.3 Å². The number of hydrogen-bond acceptors (Lipinski definition) is 5. The molecule has 0 radical (unpaired) electrons. The van der Waals surface area contributed by atoms with Crippen LogP contribution in [0.3, 0.4) is 0 Å². The van der Waals surface area contributed by atoms with E-state index in [1.54, 1.807) is 12.1 Å². The van der Waals surface area contributed by atoms with E-state index >= 15 is 0 Å². The van der Waals surface area contributed by atoms with Gasteiger partial charge in [-0.05, 0) is 67.8 Å². The molecule has 1 atom stereocenters. The zero-order valence-corrected chi connectivity index (χ0v) is 17.7. The standard InChI is InChI=1S/C24H27N3O3/c1-17-15-20(27(28)29)10-12-22(17)24-13-11-21(30-24)16-26-14-4-5-23(26)18-6-8-19(9-7-18)25(2)3/h6-13,15,23H,4-5,14,16H2,1-3H3/t23-/m1/s1. The lowest BCUT2D eigenvalue weighted by Gasteiger charge is -2.24. The number of anilines is 1. The number of nitrogens with zero attached hydrogens (tertiary/aromatic N) is 3. The zero-order chi connectivity index (χ0) is 21.3. The number of furan rings is 1. The lowest BCUT2D eigenvalue weighted by molar-refractivity contribution is -0.384. The van der Waals surface area contributed by atoms with Gasteiger partial charge in [0, 0.05) is 43.5 Å². The molecule has 0 saturated carbocycles. The lowest BCUT2D eigenvalue weighted by Crippen LogP contribution is -2.22. The van der Waals surface area contributed by atoms with Gasteiger partial charge in [-0.1, -0.05) is 12.1 Å². The Bertz CT molecular complexity index is 1040. The molecule has 6 nitrogen and oxygen atoms in total. The topological polar surface area (TPSA) is 62.8 Å². The summed E-state index contributed by atoms with van der Waals surface area (Å²) in [7, 11) is 4.11. The molecule has 6 heteroatoms. The Morgan fingerprint density at radius 1 is 1.13 bits per heavy atom. The molecule has 0 amide bonds. The third-order valence-electron chi connectivity index (χ3n) is 5.86. The Hall–Kier alpha value is -3.12. The number of benzene rings is 2. The Balaban J connectivity index is 1.49. The Labute approximate surface area is 176 Å². The predicted molar refractivity (Wildman–Crippen MR) is 119 cm³/mol. The van der Waals surface area contributed by atoms with Gasteiger partial charge in [-0.3, -0.25) is 15.0 Å². The third kappa shape index (κ3) is 4.09. The molecule has 1 saturated heterocycles. The highest BCUT2D eigenvalue weighted by atomic mass is 16.6. The molecule has 0 spiro atoms. The molecular weight excluding hydrogens is 378 g/mol. The van der Waals surface area contributed by atoms with Crippen LogP contribution < -0.4 is 4.90 Å². The fourth-order valence-corrected chi connectivity index (χ4v) is 4.23. The smallest absolute Gasteiger partial charge is 0.269 e. The minimum Gasteiger partial charge on any atom is -0.460 e. The van der Waals surface area contributed by atoms with E-state index in [1.807, 2.05) is 19.1 Å².